The molecule has 2 aromatic rings. The molecule has 0 saturated heterocycles. The second-order valence-corrected chi connectivity index (χ2v) is 5.79. The third-order valence-corrected chi connectivity index (χ3v) is 2.75. The quantitative estimate of drug-likeness (QED) is 0.861. The zero-order chi connectivity index (χ0) is 17.2. The van der Waals surface area contributed by atoms with Crippen LogP contribution >= 0.6 is 0 Å². The summed E-state index contributed by atoms with van der Waals surface area (Å²) >= 11 is 0. The van der Waals surface area contributed by atoms with Crippen LogP contribution in [0, 0.1) is 5.82 Å². The van der Waals surface area contributed by atoms with Crippen molar-refractivity contribution in [1.82, 2.24) is 0 Å². The van der Waals surface area contributed by atoms with Gasteiger partial charge in [0.15, 0.2) is 0 Å². The number of hydrogen-bond donors (Lipinski definition) is 1. The van der Waals surface area contributed by atoms with Crippen LogP contribution in [-0.4, -0.2) is 24.3 Å². The van der Waals surface area contributed by atoms with Crippen molar-refractivity contribution >= 4 is 28.7 Å². The van der Waals surface area contributed by atoms with Crippen LogP contribution in [0.4, 0.5) is 14.9 Å². The molecule has 0 aliphatic carbocycles. The Balaban J connectivity index is 2.37. The zero-order valence-corrected chi connectivity index (χ0v) is 13.4. The van der Waals surface area contributed by atoms with Crippen LogP contribution in [0.15, 0.2) is 22.6 Å². The van der Waals surface area contributed by atoms with Crippen LogP contribution in [-0.2, 0) is 9.47 Å². The maximum atomic E-state index is 14.0. The first kappa shape index (κ1) is 16.8. The molecule has 0 fully saturated rings. The van der Waals surface area contributed by atoms with Gasteiger partial charge in [-0.15, -0.1) is 0 Å². The highest BCUT2D eigenvalue weighted by Crippen LogP contribution is 2.30. The van der Waals surface area contributed by atoms with Gasteiger partial charge in [-0.05, 0) is 39.8 Å². The van der Waals surface area contributed by atoms with Crippen LogP contribution in [0.3, 0.4) is 0 Å². The molecule has 7 heteroatoms. The van der Waals surface area contributed by atoms with Gasteiger partial charge in [0.05, 0.1) is 12.3 Å². The molecule has 0 unspecified atom stereocenters. The molecule has 1 heterocycles. The van der Waals surface area contributed by atoms with E-state index in [1.165, 1.54) is 12.1 Å². The van der Waals surface area contributed by atoms with E-state index in [1.807, 2.05) is 0 Å². The lowest BCUT2D eigenvalue weighted by molar-refractivity contribution is 0.0492. The molecule has 0 aliphatic rings. The standard InChI is InChI=1S/C16H18FNO5/c1-5-21-14(19)12-8-9-11(22-12)7-6-10(17)13(9)18-15(20)23-16(2,3)4/h6-8H,5H2,1-4H3,(H,18,20). The van der Waals surface area contributed by atoms with Crippen molar-refractivity contribution in [3.05, 3.63) is 29.8 Å². The van der Waals surface area contributed by atoms with Crippen LogP contribution in [0.2, 0.25) is 0 Å². The molecule has 6 nitrogen and oxygen atoms in total. The number of esters is 1. The molecule has 124 valence electrons. The summed E-state index contributed by atoms with van der Waals surface area (Å²) in [6.45, 7) is 6.93. The van der Waals surface area contributed by atoms with Crippen LogP contribution < -0.4 is 5.32 Å². The molecule has 0 radical (unpaired) electrons. The van der Waals surface area contributed by atoms with Gasteiger partial charge in [-0.3, -0.25) is 5.32 Å². The summed E-state index contributed by atoms with van der Waals surface area (Å²) in [5.41, 5.74) is -0.586. The van der Waals surface area contributed by atoms with E-state index in [4.69, 9.17) is 13.9 Å². The summed E-state index contributed by atoms with van der Waals surface area (Å²) < 4.78 is 29.3. The van der Waals surface area contributed by atoms with E-state index >= 15 is 0 Å². The number of amides is 1. The Morgan fingerprint density at radius 1 is 1.30 bits per heavy atom. The summed E-state index contributed by atoms with van der Waals surface area (Å²) in [7, 11) is 0. The van der Waals surface area contributed by atoms with Gasteiger partial charge in [0.1, 0.15) is 17.0 Å². The molecule has 0 atom stereocenters. The minimum atomic E-state index is -0.803. The molecular weight excluding hydrogens is 305 g/mol. The number of benzene rings is 1. The number of carbonyl (C=O) groups is 2. The fourth-order valence-corrected chi connectivity index (χ4v) is 1.92. The fourth-order valence-electron chi connectivity index (χ4n) is 1.92. The predicted octanol–water partition coefficient (Wildman–Crippen LogP) is 4.10. The lowest BCUT2D eigenvalue weighted by atomic mass is 10.2. The number of hydrogen-bond acceptors (Lipinski definition) is 5. The maximum Gasteiger partial charge on any atom is 0.412 e. The van der Waals surface area contributed by atoms with Gasteiger partial charge in [0.25, 0.3) is 0 Å². The minimum Gasteiger partial charge on any atom is -0.460 e. The molecule has 0 aliphatic heterocycles. The third kappa shape index (κ3) is 4.00. The summed E-state index contributed by atoms with van der Waals surface area (Å²) in [5, 5.41) is 2.59. The van der Waals surface area contributed by atoms with E-state index < -0.39 is 23.5 Å². The fraction of sp³-hybridized carbons (Fsp3) is 0.375. The molecule has 1 amide bonds. The molecule has 1 N–H and O–H groups in total. The van der Waals surface area contributed by atoms with Gasteiger partial charge in [0.2, 0.25) is 5.76 Å². The predicted molar refractivity (Wildman–Crippen MR) is 82.0 cm³/mol. The van der Waals surface area contributed by atoms with Gasteiger partial charge < -0.3 is 13.9 Å². The van der Waals surface area contributed by atoms with E-state index in [2.05, 4.69) is 5.32 Å². The van der Waals surface area contributed by atoms with Crippen LogP contribution in [0.1, 0.15) is 38.2 Å². The number of rotatable bonds is 3. The van der Waals surface area contributed by atoms with E-state index in [-0.39, 0.29) is 29.0 Å². The number of carbonyl (C=O) groups excluding carboxylic acids is 2. The van der Waals surface area contributed by atoms with E-state index in [9.17, 15) is 14.0 Å². The SMILES string of the molecule is CCOC(=O)c1cc2c(NC(=O)OC(C)(C)C)c(F)ccc2o1. The first-order valence-electron chi connectivity index (χ1n) is 7.10. The molecule has 0 saturated carbocycles. The summed E-state index contributed by atoms with van der Waals surface area (Å²) in [5.74, 6) is -1.40. The summed E-state index contributed by atoms with van der Waals surface area (Å²) in [6, 6.07) is 3.82. The average molecular weight is 323 g/mol. The number of fused-ring (bicyclic) bond motifs is 1. The van der Waals surface area contributed by atoms with E-state index in [0.29, 0.717) is 0 Å². The molecule has 0 bridgehead atoms. The highest BCUT2D eigenvalue weighted by Gasteiger charge is 2.21. The molecule has 2 rings (SSSR count). The number of anilines is 1. The zero-order valence-electron chi connectivity index (χ0n) is 13.4. The number of ether oxygens (including phenoxy) is 2. The Kier molecular flexibility index (Phi) is 4.58. The lowest BCUT2D eigenvalue weighted by Crippen LogP contribution is -2.27. The largest absolute Gasteiger partial charge is 0.460 e. The number of halogens is 1. The van der Waals surface area contributed by atoms with Gasteiger partial charge in [-0.25, -0.2) is 14.0 Å². The van der Waals surface area contributed by atoms with Crippen molar-refractivity contribution in [3.63, 3.8) is 0 Å². The average Bonchev–Trinajstić information content (AvgIpc) is 2.85. The van der Waals surface area contributed by atoms with Crippen LogP contribution in [0.25, 0.3) is 11.0 Å². The second-order valence-electron chi connectivity index (χ2n) is 5.79. The molecule has 0 spiro atoms. The van der Waals surface area contributed by atoms with Crippen LogP contribution in [0.5, 0.6) is 0 Å². The van der Waals surface area contributed by atoms with E-state index in [1.54, 1.807) is 27.7 Å². The van der Waals surface area contributed by atoms with Crippen molar-refractivity contribution < 1.29 is 27.9 Å². The molecular formula is C16H18FNO5. The monoisotopic (exact) mass is 323 g/mol. The highest BCUT2D eigenvalue weighted by molar-refractivity contribution is 6.02. The van der Waals surface area contributed by atoms with Crippen molar-refractivity contribution in [2.24, 2.45) is 0 Å². The van der Waals surface area contributed by atoms with Crippen molar-refractivity contribution in [2.75, 3.05) is 11.9 Å². The topological polar surface area (TPSA) is 77.8 Å². The summed E-state index contributed by atoms with van der Waals surface area (Å²) in [6.07, 6.45) is -0.803. The highest BCUT2D eigenvalue weighted by atomic mass is 19.1. The molecule has 1 aromatic heterocycles. The lowest BCUT2D eigenvalue weighted by Gasteiger charge is -2.19. The third-order valence-electron chi connectivity index (χ3n) is 2.75. The second kappa shape index (κ2) is 6.28. The Morgan fingerprint density at radius 2 is 2.00 bits per heavy atom. The number of furan rings is 1. The Labute approximate surface area is 132 Å². The minimum absolute atomic E-state index is 0.0697. The van der Waals surface area contributed by atoms with Gasteiger partial charge in [0, 0.05) is 11.5 Å². The van der Waals surface area contributed by atoms with Gasteiger partial charge in [-0.1, -0.05) is 0 Å². The Hall–Kier alpha value is -2.57. The van der Waals surface area contributed by atoms with Crippen molar-refractivity contribution in [1.29, 1.82) is 0 Å². The van der Waals surface area contributed by atoms with Gasteiger partial charge in [-0.2, -0.15) is 0 Å². The van der Waals surface area contributed by atoms with Crippen molar-refractivity contribution in [3.8, 4) is 0 Å². The first-order valence-corrected chi connectivity index (χ1v) is 7.10. The molecule has 1 aromatic carbocycles. The Morgan fingerprint density at radius 3 is 2.61 bits per heavy atom. The van der Waals surface area contributed by atoms with Crippen molar-refractivity contribution in [2.45, 2.75) is 33.3 Å². The smallest absolute Gasteiger partial charge is 0.412 e. The Bertz CT molecular complexity index is 745. The van der Waals surface area contributed by atoms with Gasteiger partial charge >= 0.3 is 12.1 Å². The first-order chi connectivity index (χ1) is 10.7. The van der Waals surface area contributed by atoms with E-state index in [0.717, 1.165) is 6.07 Å². The maximum absolute atomic E-state index is 14.0. The summed E-state index contributed by atoms with van der Waals surface area (Å²) in [4.78, 5) is 23.5. The number of nitrogens with one attached hydrogen (secondary N) is 1. The molecule has 23 heavy (non-hydrogen) atoms. The normalized spacial score (nSPS) is 11.3.